The van der Waals surface area contributed by atoms with Crippen molar-refractivity contribution in [3.05, 3.63) is 71.8 Å². The minimum absolute atomic E-state index is 0.0334. The fourth-order valence-corrected chi connectivity index (χ4v) is 6.20. The first-order valence-corrected chi connectivity index (χ1v) is 23.0. The summed E-state index contributed by atoms with van der Waals surface area (Å²) in [5.41, 5.74) is 1.60. The van der Waals surface area contributed by atoms with E-state index in [1.54, 1.807) is 24.3 Å². The van der Waals surface area contributed by atoms with Crippen molar-refractivity contribution >= 4 is 49.2 Å². The molecule has 0 N–H and O–H groups in total. The van der Waals surface area contributed by atoms with Gasteiger partial charge >= 0.3 is 62.0 Å². The molecule has 24 nitrogen and oxygen atoms in total. The molecule has 0 radical (unpaired) electrons. The number of hydrogen-bond donors (Lipinski definition) is 0. The average Bonchev–Trinajstić information content (AvgIpc) is 4.30. The molecular formula is C46H54F6O24. The van der Waals surface area contributed by atoms with Crippen LogP contribution in [0.1, 0.15) is 76.3 Å². The third kappa shape index (κ3) is 30.9. The lowest BCUT2D eigenvalue weighted by Gasteiger charge is -2.31. The van der Waals surface area contributed by atoms with E-state index in [9.17, 15) is 64.7 Å². The zero-order chi connectivity index (χ0) is 55.9. The molecule has 2 saturated heterocycles. The number of epoxide rings is 2. The van der Waals surface area contributed by atoms with Gasteiger partial charge in [-0.1, -0.05) is 73.5 Å². The summed E-state index contributed by atoms with van der Waals surface area (Å²) in [4.78, 5) is 87.8. The molecule has 2 heterocycles. The predicted octanol–water partition coefficient (Wildman–Crippen LogP) is 10.0. The molecule has 6 atom stereocenters. The minimum atomic E-state index is -5.48. The predicted molar refractivity (Wildman–Crippen MR) is 233 cm³/mol. The van der Waals surface area contributed by atoms with Gasteiger partial charge in [0.25, 0.3) is 0 Å². The number of rotatable bonds is 14. The topological polar surface area (TPSA) is 291 Å². The maximum absolute atomic E-state index is 11.9. The number of carbonyl (C=O) groups is 8. The smallest absolute Gasteiger partial charge is 0.431 e. The number of halogens is 6. The molecule has 30 heteroatoms. The van der Waals surface area contributed by atoms with Crippen LogP contribution in [0.2, 0.25) is 0 Å². The van der Waals surface area contributed by atoms with Crippen molar-refractivity contribution in [1.82, 2.24) is 0 Å². The summed E-state index contributed by atoms with van der Waals surface area (Å²) in [6.45, 7) is 6.31. The number of ether oxygens (including phenoxy) is 16. The first-order valence-electron chi connectivity index (χ1n) is 23.0. The number of hydrogen-bond acceptors (Lipinski definition) is 24. The van der Waals surface area contributed by atoms with Crippen LogP contribution in [-0.2, 0) is 89.0 Å². The van der Waals surface area contributed by atoms with E-state index in [1.165, 1.54) is 0 Å². The van der Waals surface area contributed by atoms with Crippen LogP contribution >= 0.6 is 0 Å². The normalized spacial score (nSPS) is 20.1. The lowest BCUT2D eigenvalue weighted by Crippen LogP contribution is -2.38. The Labute approximate surface area is 428 Å². The first kappa shape index (κ1) is 63.1. The van der Waals surface area contributed by atoms with E-state index >= 15 is 0 Å². The summed E-state index contributed by atoms with van der Waals surface area (Å²) in [5.74, 6) is 0. The van der Waals surface area contributed by atoms with Crippen molar-refractivity contribution in [3.8, 4) is 0 Å². The van der Waals surface area contributed by atoms with Crippen LogP contribution in [0.25, 0.3) is 0 Å². The van der Waals surface area contributed by atoms with Crippen LogP contribution in [0.15, 0.2) is 60.7 Å². The van der Waals surface area contributed by atoms with Gasteiger partial charge in [0.05, 0.1) is 25.4 Å². The van der Waals surface area contributed by atoms with E-state index in [1.807, 2.05) is 50.2 Å². The molecule has 4 fully saturated rings. The molecule has 424 valence electrons. The Kier molecular flexibility index (Phi) is 28.0. The highest BCUT2D eigenvalue weighted by Crippen LogP contribution is 2.27. The molecule has 2 saturated carbocycles. The molecule has 0 bridgehead atoms. The van der Waals surface area contributed by atoms with Gasteiger partial charge in [-0.05, 0) is 63.5 Å². The van der Waals surface area contributed by atoms with Crippen LogP contribution in [0.5, 0.6) is 0 Å². The third-order valence-corrected chi connectivity index (χ3v) is 9.58. The van der Waals surface area contributed by atoms with Crippen molar-refractivity contribution < 1.29 is 140 Å². The Balaban J connectivity index is 0.000000273. The summed E-state index contributed by atoms with van der Waals surface area (Å²) in [6, 6.07) is 18.1. The van der Waals surface area contributed by atoms with Gasteiger partial charge in [0.2, 0.25) is 0 Å². The Hall–Kier alpha value is -7.18. The Morgan fingerprint density at radius 3 is 1.07 bits per heavy atom. The highest BCUT2D eigenvalue weighted by molar-refractivity contribution is 5.78. The zero-order valence-electron chi connectivity index (χ0n) is 40.6. The van der Waals surface area contributed by atoms with Crippen LogP contribution in [0.3, 0.4) is 0 Å². The van der Waals surface area contributed by atoms with Crippen LogP contribution < -0.4 is 0 Å². The lowest BCUT2D eigenvalue weighted by molar-refractivity contribution is -0.307. The Morgan fingerprint density at radius 2 is 0.750 bits per heavy atom. The third-order valence-electron chi connectivity index (χ3n) is 9.58. The van der Waals surface area contributed by atoms with Crippen molar-refractivity contribution in [1.29, 1.82) is 0 Å². The quantitative estimate of drug-likeness (QED) is 0.0558. The van der Waals surface area contributed by atoms with E-state index in [-0.39, 0.29) is 63.1 Å². The summed E-state index contributed by atoms with van der Waals surface area (Å²) >= 11 is 0. The molecule has 2 aliphatic heterocycles. The van der Waals surface area contributed by atoms with Crippen molar-refractivity contribution in [2.75, 3.05) is 39.6 Å². The lowest BCUT2D eigenvalue weighted by atomic mass is 9.94. The molecule has 0 amide bonds. The maximum atomic E-state index is 11.9. The van der Waals surface area contributed by atoms with Crippen LogP contribution in [0, 0.1) is 0 Å². The number of alkyl halides is 6. The standard InChI is InChI=1S/C18H30O7.C16H14O5.C8H10O7.C4F6O5/c1-3-21-13-9-5-7-11-15(13)23-17(19)25-18(20)24-16-12-8-6-10-14(16)22-4-2;17-15(19-11-13-7-3-1-4-8-13)21-16(18)20-12-14-9-5-2-6-10-14;9-7(13-3-5-1-11-5)15-8(10)14-4-6-2-12-6;5-3(6,7)14-1(11)13-2(12)15-4(8,9)10/h13-16H,3-12H2,1-2H3;1-10H,11-12H2;5-6H,1-4H2;. The fraction of sp³-hybridized carbons (Fsp3) is 0.565. The fourth-order valence-electron chi connectivity index (χ4n) is 6.20. The molecular weight excluding hydrogens is 1050 g/mol. The molecule has 6 unspecified atom stereocenters. The molecule has 0 aromatic heterocycles. The second-order valence-electron chi connectivity index (χ2n) is 15.5. The van der Waals surface area contributed by atoms with Crippen molar-refractivity contribution in [2.45, 2.75) is 128 Å². The Morgan fingerprint density at radius 1 is 0.447 bits per heavy atom. The van der Waals surface area contributed by atoms with E-state index in [0.29, 0.717) is 39.3 Å². The van der Waals surface area contributed by atoms with E-state index < -0.39 is 62.0 Å². The van der Waals surface area contributed by atoms with Gasteiger partial charge < -0.3 is 75.8 Å². The van der Waals surface area contributed by atoms with Crippen molar-refractivity contribution in [3.63, 3.8) is 0 Å². The minimum Gasteiger partial charge on any atom is -0.431 e. The zero-order valence-corrected chi connectivity index (χ0v) is 40.6. The molecule has 2 aromatic rings. The second kappa shape index (κ2) is 33.7. The number of carbonyl (C=O) groups excluding carboxylic acids is 8. The van der Waals surface area contributed by atoms with Gasteiger partial charge in [0.15, 0.2) is 0 Å². The SMILES string of the molecule is CCOC1CCCCC1OC(=O)OC(=O)OC1CCCCC1OCC.O=C(OC(=O)OC(F)(F)F)OC(F)(F)F.O=C(OCC1CO1)OC(=O)OCC1CO1.O=C(OCc1ccccc1)OC(=O)OCc1ccccc1. The van der Waals surface area contributed by atoms with Gasteiger partial charge in [-0.25, -0.2) is 38.4 Å². The van der Waals surface area contributed by atoms with E-state index in [4.69, 9.17) is 37.9 Å². The van der Waals surface area contributed by atoms with Gasteiger partial charge in [-0.3, -0.25) is 0 Å². The van der Waals surface area contributed by atoms with Crippen LogP contribution in [0.4, 0.5) is 64.7 Å². The van der Waals surface area contributed by atoms with E-state index in [2.05, 4.69) is 37.9 Å². The highest BCUT2D eigenvalue weighted by Gasteiger charge is 2.40. The second-order valence-corrected chi connectivity index (χ2v) is 15.5. The average molecular weight is 1100 g/mol. The number of benzene rings is 2. The summed E-state index contributed by atoms with van der Waals surface area (Å²) in [7, 11) is 0. The van der Waals surface area contributed by atoms with Gasteiger partial charge in [0, 0.05) is 13.2 Å². The molecule has 0 spiro atoms. The molecule has 6 rings (SSSR count). The van der Waals surface area contributed by atoms with Crippen molar-refractivity contribution in [2.24, 2.45) is 0 Å². The first-order chi connectivity index (χ1) is 36.1. The van der Waals surface area contributed by atoms with Gasteiger partial charge in [-0.15, -0.1) is 26.3 Å². The van der Waals surface area contributed by atoms with Crippen LogP contribution in [-0.4, -0.2) is 138 Å². The summed E-state index contributed by atoms with van der Waals surface area (Å²) < 4.78 is 138. The van der Waals surface area contributed by atoms with E-state index in [0.717, 1.165) is 49.7 Å². The van der Waals surface area contributed by atoms with Gasteiger partial charge in [-0.2, -0.15) is 0 Å². The monoisotopic (exact) mass is 1100 g/mol. The molecule has 76 heavy (non-hydrogen) atoms. The maximum Gasteiger partial charge on any atom is 0.577 e. The molecule has 2 aliphatic carbocycles. The highest BCUT2D eigenvalue weighted by atomic mass is 19.4. The summed E-state index contributed by atoms with van der Waals surface area (Å²) in [6.07, 6.45) is -16.7. The van der Waals surface area contributed by atoms with Gasteiger partial charge in [0.1, 0.15) is 50.8 Å². The largest absolute Gasteiger partial charge is 0.577 e. The molecule has 2 aromatic carbocycles. The molecule has 4 aliphatic rings. The summed E-state index contributed by atoms with van der Waals surface area (Å²) in [5, 5.41) is 0. The Bertz CT molecular complexity index is 1960.